The van der Waals surface area contributed by atoms with E-state index < -0.39 is 0 Å². The zero-order chi connectivity index (χ0) is 13.1. The van der Waals surface area contributed by atoms with Crippen LogP contribution in [0.2, 0.25) is 0 Å². The molecule has 1 heterocycles. The van der Waals surface area contributed by atoms with Gasteiger partial charge in [-0.1, -0.05) is 23.4 Å². The summed E-state index contributed by atoms with van der Waals surface area (Å²) in [5.74, 6) is 0.900. The molecule has 5 nitrogen and oxygen atoms in total. The summed E-state index contributed by atoms with van der Waals surface area (Å²) >= 11 is 0. The fourth-order valence-electron chi connectivity index (χ4n) is 1.78. The lowest BCUT2D eigenvalue weighted by molar-refractivity contribution is 0.318. The van der Waals surface area contributed by atoms with Crippen LogP contribution in [0.15, 0.2) is 35.5 Å². The van der Waals surface area contributed by atoms with E-state index in [-0.39, 0.29) is 5.84 Å². The highest BCUT2D eigenvalue weighted by molar-refractivity contribution is 6.08. The average molecular weight is 244 g/mol. The highest BCUT2D eigenvalue weighted by atomic mass is 16.4. The van der Waals surface area contributed by atoms with Crippen LogP contribution in [0.1, 0.15) is 12.5 Å². The van der Waals surface area contributed by atoms with E-state index >= 15 is 0 Å². The van der Waals surface area contributed by atoms with Crippen LogP contribution in [0.5, 0.6) is 0 Å². The molecular weight excluding hydrogens is 228 g/mol. The van der Waals surface area contributed by atoms with Crippen molar-refractivity contribution in [3.05, 3.63) is 35.9 Å². The Hall–Kier alpha value is -2.30. The number of rotatable bonds is 3. The summed E-state index contributed by atoms with van der Waals surface area (Å²) in [6.45, 7) is 2.88. The molecule has 1 aromatic heterocycles. The first-order chi connectivity index (χ1) is 8.67. The van der Waals surface area contributed by atoms with Crippen molar-refractivity contribution in [1.29, 1.82) is 0 Å². The number of hydrogen-bond acceptors (Lipinski definition) is 4. The van der Waals surface area contributed by atoms with Gasteiger partial charge in [0.25, 0.3) is 0 Å². The van der Waals surface area contributed by atoms with Crippen LogP contribution in [0, 0.1) is 0 Å². The van der Waals surface area contributed by atoms with Crippen molar-refractivity contribution in [1.82, 2.24) is 4.98 Å². The second-order valence-electron chi connectivity index (χ2n) is 4.04. The Bertz CT molecular complexity index is 595. The lowest BCUT2D eigenvalue weighted by atomic mass is 10.1. The van der Waals surface area contributed by atoms with Gasteiger partial charge >= 0.3 is 0 Å². The van der Waals surface area contributed by atoms with E-state index in [4.69, 9.17) is 10.9 Å². The van der Waals surface area contributed by atoms with E-state index in [0.29, 0.717) is 5.56 Å². The topological polar surface area (TPSA) is 74.7 Å². The Kier molecular flexibility index (Phi) is 3.32. The Balaban J connectivity index is 2.72. The zero-order valence-electron chi connectivity index (χ0n) is 10.5. The number of fused-ring (bicyclic) bond motifs is 1. The van der Waals surface area contributed by atoms with Gasteiger partial charge in [-0.15, -0.1) is 0 Å². The molecule has 5 heteroatoms. The number of anilines is 1. The number of aromatic nitrogens is 1. The molecule has 1 aromatic carbocycles. The Morgan fingerprint density at radius 1 is 1.44 bits per heavy atom. The molecule has 94 valence electrons. The van der Waals surface area contributed by atoms with Crippen molar-refractivity contribution in [3.63, 3.8) is 0 Å². The van der Waals surface area contributed by atoms with Gasteiger partial charge in [0.1, 0.15) is 5.82 Å². The number of nitrogens with two attached hydrogens (primary N) is 1. The van der Waals surface area contributed by atoms with Crippen LogP contribution in [-0.4, -0.2) is 29.6 Å². The maximum atomic E-state index is 8.86. The van der Waals surface area contributed by atoms with E-state index in [1.165, 1.54) is 0 Å². The van der Waals surface area contributed by atoms with Crippen molar-refractivity contribution >= 4 is 22.6 Å². The monoisotopic (exact) mass is 244 g/mol. The second-order valence-corrected chi connectivity index (χ2v) is 4.04. The number of hydrogen-bond donors (Lipinski definition) is 2. The molecular formula is C13H16N4O. The lowest BCUT2D eigenvalue weighted by Crippen LogP contribution is -2.20. The van der Waals surface area contributed by atoms with E-state index in [9.17, 15) is 0 Å². The van der Waals surface area contributed by atoms with Crippen LogP contribution < -0.4 is 10.6 Å². The maximum absolute atomic E-state index is 8.86. The number of benzene rings is 1. The molecule has 0 aliphatic rings. The van der Waals surface area contributed by atoms with E-state index in [2.05, 4.69) is 10.1 Å². The zero-order valence-corrected chi connectivity index (χ0v) is 10.5. The summed E-state index contributed by atoms with van der Waals surface area (Å²) < 4.78 is 0. The van der Waals surface area contributed by atoms with Gasteiger partial charge in [0.05, 0.1) is 5.52 Å². The number of pyridine rings is 1. The fourth-order valence-corrected chi connectivity index (χ4v) is 1.78. The summed E-state index contributed by atoms with van der Waals surface area (Å²) in [7, 11) is 1.95. The summed E-state index contributed by atoms with van der Waals surface area (Å²) in [6, 6.07) is 9.48. The molecule has 0 atom stereocenters. The molecule has 0 amide bonds. The highest BCUT2D eigenvalue weighted by Gasteiger charge is 2.10. The Morgan fingerprint density at radius 2 is 2.17 bits per heavy atom. The van der Waals surface area contributed by atoms with Crippen molar-refractivity contribution in [2.75, 3.05) is 18.5 Å². The van der Waals surface area contributed by atoms with Gasteiger partial charge in [-0.25, -0.2) is 4.98 Å². The molecule has 0 radical (unpaired) electrons. The molecule has 0 aliphatic heterocycles. The molecule has 0 saturated heterocycles. The van der Waals surface area contributed by atoms with Crippen molar-refractivity contribution in [3.8, 4) is 0 Å². The minimum Gasteiger partial charge on any atom is -0.409 e. The second kappa shape index (κ2) is 4.91. The summed E-state index contributed by atoms with van der Waals surface area (Å²) in [5.41, 5.74) is 7.25. The van der Waals surface area contributed by atoms with Gasteiger partial charge in [-0.2, -0.15) is 0 Å². The quantitative estimate of drug-likeness (QED) is 0.373. The van der Waals surface area contributed by atoms with Crippen LogP contribution in [0.3, 0.4) is 0 Å². The van der Waals surface area contributed by atoms with Gasteiger partial charge in [0, 0.05) is 24.5 Å². The molecule has 2 rings (SSSR count). The predicted molar refractivity (Wildman–Crippen MR) is 73.2 cm³/mol. The molecule has 0 bridgehead atoms. The van der Waals surface area contributed by atoms with Crippen LogP contribution >= 0.6 is 0 Å². The minimum atomic E-state index is 0.0966. The standard InChI is InChI=1S/C13H16N4O/c1-3-17(2)12-8-10(13(14)16-18)9-6-4-5-7-11(9)15-12/h4-8,18H,3H2,1-2H3,(H2,14,16). The molecule has 0 aliphatic carbocycles. The Labute approximate surface area is 106 Å². The number of nitrogens with zero attached hydrogens (tertiary/aromatic N) is 3. The number of amidine groups is 1. The third-order valence-corrected chi connectivity index (χ3v) is 2.95. The SMILES string of the molecule is CCN(C)c1cc(C(N)=NO)c2ccccc2n1. The molecule has 0 spiro atoms. The van der Waals surface area contributed by atoms with Crippen LogP contribution in [-0.2, 0) is 0 Å². The molecule has 3 N–H and O–H groups in total. The van der Waals surface area contributed by atoms with E-state index in [0.717, 1.165) is 23.3 Å². The Morgan fingerprint density at radius 3 is 2.83 bits per heavy atom. The highest BCUT2D eigenvalue weighted by Crippen LogP contribution is 2.22. The van der Waals surface area contributed by atoms with Gasteiger partial charge < -0.3 is 15.8 Å². The van der Waals surface area contributed by atoms with Gasteiger partial charge in [0.2, 0.25) is 0 Å². The predicted octanol–water partition coefficient (Wildman–Crippen LogP) is 1.79. The molecule has 0 unspecified atom stereocenters. The third kappa shape index (κ3) is 2.07. The van der Waals surface area contributed by atoms with Crippen LogP contribution in [0.25, 0.3) is 10.9 Å². The van der Waals surface area contributed by atoms with E-state index in [1.54, 1.807) is 0 Å². The van der Waals surface area contributed by atoms with Crippen LogP contribution in [0.4, 0.5) is 5.82 Å². The van der Waals surface area contributed by atoms with Crippen molar-refractivity contribution < 1.29 is 5.21 Å². The van der Waals surface area contributed by atoms with Gasteiger partial charge in [-0.05, 0) is 19.1 Å². The summed E-state index contributed by atoms with van der Waals surface area (Å²) in [4.78, 5) is 6.56. The average Bonchev–Trinajstić information content (AvgIpc) is 2.44. The third-order valence-electron chi connectivity index (χ3n) is 2.95. The molecule has 0 saturated carbocycles. The van der Waals surface area contributed by atoms with Gasteiger partial charge in [0.15, 0.2) is 5.84 Å². The largest absolute Gasteiger partial charge is 0.409 e. The number of para-hydroxylation sites is 1. The maximum Gasteiger partial charge on any atom is 0.170 e. The van der Waals surface area contributed by atoms with Crippen molar-refractivity contribution in [2.45, 2.75) is 6.92 Å². The fraction of sp³-hybridized carbons (Fsp3) is 0.231. The van der Waals surface area contributed by atoms with Gasteiger partial charge in [-0.3, -0.25) is 0 Å². The normalized spacial score (nSPS) is 11.8. The molecule has 2 aromatic rings. The summed E-state index contributed by atoms with van der Waals surface area (Å²) in [6.07, 6.45) is 0. The van der Waals surface area contributed by atoms with Crippen molar-refractivity contribution in [2.24, 2.45) is 10.9 Å². The lowest BCUT2D eigenvalue weighted by Gasteiger charge is -2.17. The number of oxime groups is 1. The first kappa shape index (κ1) is 12.2. The first-order valence-electron chi connectivity index (χ1n) is 5.76. The molecule has 18 heavy (non-hydrogen) atoms. The van der Waals surface area contributed by atoms with E-state index in [1.807, 2.05) is 49.2 Å². The smallest absolute Gasteiger partial charge is 0.170 e. The minimum absolute atomic E-state index is 0.0966. The summed E-state index contributed by atoms with van der Waals surface area (Å²) in [5, 5.41) is 12.8. The molecule has 0 fully saturated rings. The first-order valence-corrected chi connectivity index (χ1v) is 5.76.